The Labute approximate surface area is 154 Å². The number of hydrogen-bond acceptors (Lipinski definition) is 6. The Bertz CT molecular complexity index is 962. The number of aromatic nitrogens is 5. The van der Waals surface area contributed by atoms with Gasteiger partial charge < -0.3 is 10.3 Å². The molecule has 3 aromatic rings. The largest absolute Gasteiger partial charge is 0.362 e. The summed E-state index contributed by atoms with van der Waals surface area (Å²) in [6.45, 7) is 5.24. The van der Waals surface area contributed by atoms with E-state index in [1.165, 1.54) is 18.7 Å². The van der Waals surface area contributed by atoms with Crippen LogP contribution in [0.15, 0.2) is 35.5 Å². The second kappa shape index (κ2) is 7.52. The maximum Gasteiger partial charge on any atom is 0.221 e. The molecule has 0 aliphatic heterocycles. The van der Waals surface area contributed by atoms with E-state index in [1.807, 2.05) is 26.0 Å². The number of aryl methyl sites for hydroxylation is 2. The Morgan fingerprint density at radius 3 is 2.77 bits per heavy atom. The van der Waals surface area contributed by atoms with Crippen molar-refractivity contribution in [2.24, 2.45) is 0 Å². The van der Waals surface area contributed by atoms with Crippen molar-refractivity contribution in [1.29, 1.82) is 0 Å². The van der Waals surface area contributed by atoms with Crippen LogP contribution in [-0.2, 0) is 4.79 Å². The fourth-order valence-electron chi connectivity index (χ4n) is 2.57. The van der Waals surface area contributed by atoms with Crippen LogP contribution in [0.3, 0.4) is 0 Å². The van der Waals surface area contributed by atoms with Crippen molar-refractivity contribution >= 4 is 29.1 Å². The molecule has 1 amide bonds. The molecule has 0 unspecified atom stereocenters. The Morgan fingerprint density at radius 1 is 1.27 bits per heavy atom. The van der Waals surface area contributed by atoms with Gasteiger partial charge in [0.2, 0.25) is 11.1 Å². The van der Waals surface area contributed by atoms with Gasteiger partial charge in [-0.3, -0.25) is 9.59 Å². The van der Waals surface area contributed by atoms with Crippen LogP contribution in [0.5, 0.6) is 0 Å². The summed E-state index contributed by atoms with van der Waals surface area (Å²) in [5.41, 5.74) is 3.84. The van der Waals surface area contributed by atoms with Gasteiger partial charge in [-0.05, 0) is 48.5 Å². The SMILES string of the molecule is CC(=O)Nc1cccc(-n2nnnc2SCC(=O)c2cc(C)[nH]c2C)c1. The first kappa shape index (κ1) is 17.9. The van der Waals surface area contributed by atoms with E-state index in [0.717, 1.165) is 11.4 Å². The summed E-state index contributed by atoms with van der Waals surface area (Å²) < 4.78 is 1.54. The molecule has 0 aliphatic rings. The molecule has 134 valence electrons. The minimum absolute atomic E-state index is 0.0124. The monoisotopic (exact) mass is 370 g/mol. The lowest BCUT2D eigenvalue weighted by Gasteiger charge is -2.07. The highest BCUT2D eigenvalue weighted by molar-refractivity contribution is 7.99. The molecule has 0 bridgehead atoms. The number of anilines is 1. The molecule has 0 fully saturated rings. The first-order valence-corrected chi connectivity index (χ1v) is 8.91. The van der Waals surface area contributed by atoms with E-state index in [9.17, 15) is 9.59 Å². The molecule has 2 heterocycles. The maximum absolute atomic E-state index is 12.4. The van der Waals surface area contributed by atoms with E-state index in [4.69, 9.17) is 0 Å². The van der Waals surface area contributed by atoms with Gasteiger partial charge in [-0.1, -0.05) is 17.8 Å². The predicted octanol–water partition coefficient (Wildman–Crippen LogP) is 2.54. The molecule has 3 rings (SSSR count). The third-order valence-electron chi connectivity index (χ3n) is 3.63. The quantitative estimate of drug-likeness (QED) is 0.510. The number of hydrogen-bond donors (Lipinski definition) is 2. The third-order valence-corrected chi connectivity index (χ3v) is 4.55. The van der Waals surface area contributed by atoms with Crippen LogP contribution < -0.4 is 5.32 Å². The van der Waals surface area contributed by atoms with E-state index in [2.05, 4.69) is 25.8 Å². The highest BCUT2D eigenvalue weighted by Gasteiger charge is 2.15. The lowest BCUT2D eigenvalue weighted by molar-refractivity contribution is -0.114. The van der Waals surface area contributed by atoms with Gasteiger partial charge in [0.05, 0.1) is 11.4 Å². The molecule has 2 N–H and O–H groups in total. The minimum atomic E-state index is -0.156. The van der Waals surface area contributed by atoms with Gasteiger partial charge in [-0.25, -0.2) is 0 Å². The third kappa shape index (κ3) is 3.99. The predicted molar refractivity (Wildman–Crippen MR) is 98.8 cm³/mol. The molecule has 1 aromatic carbocycles. The summed E-state index contributed by atoms with van der Waals surface area (Å²) in [7, 11) is 0. The summed E-state index contributed by atoms with van der Waals surface area (Å²) in [4.78, 5) is 26.8. The van der Waals surface area contributed by atoms with Crippen LogP contribution in [0.1, 0.15) is 28.7 Å². The number of amides is 1. The number of H-pyrrole nitrogens is 1. The Balaban J connectivity index is 1.76. The lowest BCUT2D eigenvalue weighted by atomic mass is 10.2. The number of nitrogens with zero attached hydrogens (tertiary/aromatic N) is 4. The van der Waals surface area contributed by atoms with Gasteiger partial charge in [0.25, 0.3) is 0 Å². The van der Waals surface area contributed by atoms with Gasteiger partial charge in [-0.15, -0.1) is 5.10 Å². The number of Topliss-reactive ketones (excluding diaryl/α,β-unsaturated/α-hetero) is 1. The number of carbonyl (C=O) groups is 2. The van der Waals surface area contributed by atoms with Crippen LogP contribution in [0.2, 0.25) is 0 Å². The molecular formula is C17H18N6O2S. The van der Waals surface area contributed by atoms with Crippen molar-refractivity contribution in [3.05, 3.63) is 47.3 Å². The number of tetrazole rings is 1. The Hall–Kier alpha value is -2.94. The van der Waals surface area contributed by atoms with E-state index >= 15 is 0 Å². The van der Waals surface area contributed by atoms with Gasteiger partial charge in [0.15, 0.2) is 5.78 Å². The van der Waals surface area contributed by atoms with Crippen LogP contribution in [0, 0.1) is 13.8 Å². The van der Waals surface area contributed by atoms with E-state index in [1.54, 1.807) is 22.9 Å². The lowest BCUT2D eigenvalue weighted by Crippen LogP contribution is -2.07. The molecule has 0 spiro atoms. The molecular weight excluding hydrogens is 352 g/mol. The number of ketones is 1. The number of nitrogens with one attached hydrogen (secondary N) is 2. The van der Waals surface area contributed by atoms with Crippen LogP contribution in [-0.4, -0.2) is 42.6 Å². The van der Waals surface area contributed by atoms with Crippen molar-refractivity contribution in [3.8, 4) is 5.69 Å². The second-order valence-electron chi connectivity index (χ2n) is 5.81. The number of benzene rings is 1. The molecule has 0 saturated heterocycles. The van der Waals surface area contributed by atoms with E-state index < -0.39 is 0 Å². The fourth-order valence-corrected chi connectivity index (χ4v) is 3.35. The van der Waals surface area contributed by atoms with Gasteiger partial charge in [0.1, 0.15) is 0 Å². The van der Waals surface area contributed by atoms with Crippen LogP contribution in [0.25, 0.3) is 5.69 Å². The summed E-state index contributed by atoms with van der Waals surface area (Å²) in [6.07, 6.45) is 0. The van der Waals surface area contributed by atoms with E-state index in [0.29, 0.717) is 22.1 Å². The molecule has 0 saturated carbocycles. The number of carbonyl (C=O) groups excluding carboxylic acids is 2. The summed E-state index contributed by atoms with van der Waals surface area (Å²) in [5, 5.41) is 14.9. The molecule has 8 nitrogen and oxygen atoms in total. The number of thioether (sulfide) groups is 1. The highest BCUT2D eigenvalue weighted by atomic mass is 32.2. The summed E-state index contributed by atoms with van der Waals surface area (Å²) in [6, 6.07) is 9.02. The average molecular weight is 370 g/mol. The zero-order chi connectivity index (χ0) is 18.7. The Morgan fingerprint density at radius 2 is 2.08 bits per heavy atom. The normalized spacial score (nSPS) is 10.7. The second-order valence-corrected chi connectivity index (χ2v) is 6.75. The zero-order valence-corrected chi connectivity index (χ0v) is 15.4. The fraction of sp³-hybridized carbons (Fsp3) is 0.235. The van der Waals surface area contributed by atoms with Gasteiger partial charge in [0, 0.05) is 29.6 Å². The van der Waals surface area contributed by atoms with Gasteiger partial charge in [-0.2, -0.15) is 4.68 Å². The maximum atomic E-state index is 12.4. The standard InChI is InChI=1S/C17H18N6O2S/c1-10-7-15(11(2)18-10)16(25)9-26-17-20-21-22-23(17)14-6-4-5-13(8-14)19-12(3)24/h4-8,18H,9H2,1-3H3,(H,19,24). The molecule has 0 radical (unpaired) electrons. The van der Waals surface area contributed by atoms with Crippen molar-refractivity contribution in [3.63, 3.8) is 0 Å². The van der Waals surface area contributed by atoms with Crippen LogP contribution in [0.4, 0.5) is 5.69 Å². The minimum Gasteiger partial charge on any atom is -0.362 e. The first-order valence-electron chi connectivity index (χ1n) is 7.92. The van der Waals surface area contributed by atoms with E-state index in [-0.39, 0.29) is 17.4 Å². The smallest absolute Gasteiger partial charge is 0.221 e. The van der Waals surface area contributed by atoms with Crippen molar-refractivity contribution in [1.82, 2.24) is 25.2 Å². The number of aromatic amines is 1. The average Bonchev–Trinajstić information content (AvgIpc) is 3.18. The Kier molecular flexibility index (Phi) is 5.17. The van der Waals surface area contributed by atoms with Crippen molar-refractivity contribution in [2.75, 3.05) is 11.1 Å². The molecule has 2 aromatic heterocycles. The van der Waals surface area contributed by atoms with Gasteiger partial charge >= 0.3 is 0 Å². The molecule has 0 aliphatic carbocycles. The topological polar surface area (TPSA) is 106 Å². The summed E-state index contributed by atoms with van der Waals surface area (Å²) >= 11 is 1.27. The zero-order valence-electron chi connectivity index (χ0n) is 14.6. The summed E-state index contributed by atoms with van der Waals surface area (Å²) in [5.74, 6) is 0.0822. The van der Waals surface area contributed by atoms with Crippen LogP contribution >= 0.6 is 11.8 Å². The molecule has 9 heteroatoms. The molecule has 0 atom stereocenters. The molecule has 26 heavy (non-hydrogen) atoms. The highest BCUT2D eigenvalue weighted by Crippen LogP contribution is 2.22. The van der Waals surface area contributed by atoms with Crippen molar-refractivity contribution in [2.45, 2.75) is 25.9 Å². The number of rotatable bonds is 6. The first-order chi connectivity index (χ1) is 12.4. The van der Waals surface area contributed by atoms with Crippen molar-refractivity contribution < 1.29 is 9.59 Å².